The lowest BCUT2D eigenvalue weighted by Crippen LogP contribution is -2.11. The van der Waals surface area contributed by atoms with Crippen LogP contribution in [0.3, 0.4) is 0 Å². The second kappa shape index (κ2) is 3.19. The van der Waals surface area contributed by atoms with E-state index in [-0.39, 0.29) is 5.56 Å². The summed E-state index contributed by atoms with van der Waals surface area (Å²) in [5, 5.41) is 8.91. The molecular formula is C12H7N3O2. The smallest absolute Gasteiger partial charge is 0.266 e. The molecule has 5 heteroatoms. The minimum Gasteiger partial charge on any atom is -0.452 e. The highest BCUT2D eigenvalue weighted by Crippen LogP contribution is 2.27. The Labute approximate surface area is 95.3 Å². The average molecular weight is 225 g/mol. The molecule has 5 nitrogen and oxygen atoms in total. The molecule has 0 aliphatic rings. The van der Waals surface area contributed by atoms with Gasteiger partial charge in [-0.05, 0) is 19.1 Å². The molecule has 3 rings (SSSR count). The topological polar surface area (TPSA) is 82.7 Å². The first-order valence-electron chi connectivity index (χ1n) is 5.02. The standard InChI is InChI=1S/C12H7N3O2/c1-6-7(5-13)12(16)15-10-9-8(17-11(6)10)3-2-4-14-9/h2-4H,1H3,(H,15,16). The van der Waals surface area contributed by atoms with Crippen molar-refractivity contribution in [3.8, 4) is 6.07 Å². The minimum atomic E-state index is -0.411. The Kier molecular flexibility index (Phi) is 1.80. The Bertz CT molecular complexity index is 836. The maximum Gasteiger partial charge on any atom is 0.266 e. The van der Waals surface area contributed by atoms with Crippen molar-refractivity contribution in [1.82, 2.24) is 9.97 Å². The number of aromatic nitrogens is 2. The van der Waals surface area contributed by atoms with Crippen molar-refractivity contribution in [2.24, 2.45) is 0 Å². The quantitative estimate of drug-likeness (QED) is 0.632. The highest BCUT2D eigenvalue weighted by atomic mass is 16.3. The summed E-state index contributed by atoms with van der Waals surface area (Å²) < 4.78 is 5.60. The number of aryl methyl sites for hydroxylation is 1. The molecular weight excluding hydrogens is 218 g/mol. The summed E-state index contributed by atoms with van der Waals surface area (Å²) in [5.41, 5.74) is 2.46. The molecule has 0 aliphatic carbocycles. The number of aromatic amines is 1. The van der Waals surface area contributed by atoms with Crippen molar-refractivity contribution in [3.63, 3.8) is 0 Å². The highest BCUT2D eigenvalue weighted by molar-refractivity contribution is 6.00. The molecule has 0 spiro atoms. The Morgan fingerprint density at radius 2 is 2.35 bits per heavy atom. The number of nitrogens with zero attached hydrogens (tertiary/aromatic N) is 2. The van der Waals surface area contributed by atoms with Crippen molar-refractivity contribution in [3.05, 3.63) is 39.8 Å². The van der Waals surface area contributed by atoms with Gasteiger partial charge in [-0.2, -0.15) is 5.26 Å². The molecule has 17 heavy (non-hydrogen) atoms. The lowest BCUT2D eigenvalue weighted by Gasteiger charge is -1.96. The van der Waals surface area contributed by atoms with Gasteiger partial charge in [0.15, 0.2) is 11.2 Å². The normalized spacial score (nSPS) is 10.8. The fourth-order valence-corrected chi connectivity index (χ4v) is 1.90. The van der Waals surface area contributed by atoms with Gasteiger partial charge in [0.25, 0.3) is 5.56 Å². The van der Waals surface area contributed by atoms with Gasteiger partial charge in [-0.1, -0.05) is 0 Å². The van der Waals surface area contributed by atoms with E-state index in [0.717, 1.165) is 0 Å². The number of nitriles is 1. The number of nitrogens with one attached hydrogen (secondary N) is 1. The summed E-state index contributed by atoms with van der Waals surface area (Å²) in [5.74, 6) is 0. The third kappa shape index (κ3) is 1.18. The lowest BCUT2D eigenvalue weighted by atomic mass is 10.1. The van der Waals surface area contributed by atoms with Crippen LogP contribution in [-0.2, 0) is 0 Å². The lowest BCUT2D eigenvalue weighted by molar-refractivity contribution is 0.663. The summed E-state index contributed by atoms with van der Waals surface area (Å²) in [6.45, 7) is 1.69. The fourth-order valence-electron chi connectivity index (χ4n) is 1.90. The molecule has 1 N–H and O–H groups in total. The van der Waals surface area contributed by atoms with Gasteiger partial charge in [-0.3, -0.25) is 9.78 Å². The van der Waals surface area contributed by atoms with Gasteiger partial charge in [0.2, 0.25) is 0 Å². The predicted molar refractivity (Wildman–Crippen MR) is 61.6 cm³/mol. The average Bonchev–Trinajstić information content (AvgIpc) is 2.69. The third-order valence-corrected chi connectivity index (χ3v) is 2.74. The van der Waals surface area contributed by atoms with Crippen LogP contribution in [-0.4, -0.2) is 9.97 Å². The number of hydrogen-bond acceptors (Lipinski definition) is 4. The van der Waals surface area contributed by atoms with Crippen LogP contribution in [0.1, 0.15) is 11.1 Å². The SMILES string of the molecule is Cc1c(C#N)c(=O)[nH]c2c1oc1cccnc12. The number of pyridine rings is 2. The van der Waals surface area contributed by atoms with Gasteiger partial charge in [0.05, 0.1) is 0 Å². The number of rotatable bonds is 0. The van der Waals surface area contributed by atoms with E-state index in [4.69, 9.17) is 9.68 Å². The summed E-state index contributed by atoms with van der Waals surface area (Å²) in [6, 6.07) is 5.40. The van der Waals surface area contributed by atoms with E-state index in [0.29, 0.717) is 27.8 Å². The van der Waals surface area contributed by atoms with E-state index < -0.39 is 5.56 Å². The maximum atomic E-state index is 11.7. The highest BCUT2D eigenvalue weighted by Gasteiger charge is 2.15. The molecule has 0 aliphatic heterocycles. The molecule has 82 valence electrons. The van der Waals surface area contributed by atoms with E-state index in [1.54, 1.807) is 25.3 Å². The first-order valence-corrected chi connectivity index (χ1v) is 5.02. The van der Waals surface area contributed by atoms with Crippen LogP contribution in [0.15, 0.2) is 27.5 Å². The summed E-state index contributed by atoms with van der Waals surface area (Å²) in [4.78, 5) is 18.5. The molecule has 3 heterocycles. The summed E-state index contributed by atoms with van der Waals surface area (Å²) in [6.07, 6.45) is 1.63. The van der Waals surface area contributed by atoms with Crippen LogP contribution in [0.4, 0.5) is 0 Å². The van der Waals surface area contributed by atoms with E-state index in [9.17, 15) is 4.79 Å². The van der Waals surface area contributed by atoms with Crippen molar-refractivity contribution in [1.29, 1.82) is 5.26 Å². The Morgan fingerprint density at radius 1 is 1.53 bits per heavy atom. The van der Waals surface area contributed by atoms with Crippen molar-refractivity contribution >= 4 is 22.2 Å². The number of fused-ring (bicyclic) bond motifs is 3. The summed E-state index contributed by atoms with van der Waals surface area (Å²) >= 11 is 0. The van der Waals surface area contributed by atoms with Gasteiger partial charge >= 0.3 is 0 Å². The molecule has 3 aromatic rings. The zero-order valence-electron chi connectivity index (χ0n) is 8.94. The Balaban J connectivity index is 2.64. The zero-order chi connectivity index (χ0) is 12.0. The Hall–Kier alpha value is -2.61. The monoisotopic (exact) mass is 225 g/mol. The van der Waals surface area contributed by atoms with E-state index in [2.05, 4.69) is 9.97 Å². The van der Waals surface area contributed by atoms with Crippen molar-refractivity contribution in [2.45, 2.75) is 6.92 Å². The van der Waals surface area contributed by atoms with E-state index in [1.165, 1.54) is 0 Å². The first-order chi connectivity index (χ1) is 8.22. The predicted octanol–water partition coefficient (Wildman–Crippen LogP) is 1.85. The Morgan fingerprint density at radius 3 is 3.12 bits per heavy atom. The maximum absolute atomic E-state index is 11.7. The van der Waals surface area contributed by atoms with Crippen LogP contribution in [0, 0.1) is 18.3 Å². The van der Waals surface area contributed by atoms with Crippen molar-refractivity contribution < 1.29 is 4.42 Å². The second-order valence-corrected chi connectivity index (χ2v) is 3.72. The molecule has 0 bridgehead atoms. The molecule has 0 aromatic carbocycles. The number of furan rings is 1. The van der Waals surface area contributed by atoms with E-state index in [1.807, 2.05) is 6.07 Å². The van der Waals surface area contributed by atoms with Gasteiger partial charge in [-0.25, -0.2) is 0 Å². The molecule has 0 saturated carbocycles. The molecule has 3 aromatic heterocycles. The van der Waals surface area contributed by atoms with Gasteiger partial charge in [0.1, 0.15) is 22.7 Å². The molecule has 0 amide bonds. The van der Waals surface area contributed by atoms with Crippen molar-refractivity contribution in [2.75, 3.05) is 0 Å². The molecule has 0 fully saturated rings. The zero-order valence-corrected chi connectivity index (χ0v) is 8.94. The van der Waals surface area contributed by atoms with E-state index >= 15 is 0 Å². The molecule has 0 atom stereocenters. The molecule has 0 saturated heterocycles. The van der Waals surface area contributed by atoms with Crippen LogP contribution < -0.4 is 5.56 Å². The van der Waals surface area contributed by atoms with Gasteiger partial charge < -0.3 is 9.40 Å². The van der Waals surface area contributed by atoms with Gasteiger partial charge in [-0.15, -0.1) is 0 Å². The van der Waals surface area contributed by atoms with Crippen LogP contribution >= 0.6 is 0 Å². The summed E-state index contributed by atoms with van der Waals surface area (Å²) in [7, 11) is 0. The molecule has 0 unspecified atom stereocenters. The number of H-pyrrole nitrogens is 1. The third-order valence-electron chi connectivity index (χ3n) is 2.74. The number of hydrogen-bond donors (Lipinski definition) is 1. The largest absolute Gasteiger partial charge is 0.452 e. The van der Waals surface area contributed by atoms with Crippen LogP contribution in [0.5, 0.6) is 0 Å². The van der Waals surface area contributed by atoms with Gasteiger partial charge in [0, 0.05) is 11.8 Å². The van der Waals surface area contributed by atoms with Crippen LogP contribution in [0.2, 0.25) is 0 Å². The van der Waals surface area contributed by atoms with Crippen LogP contribution in [0.25, 0.3) is 22.2 Å². The molecule has 0 radical (unpaired) electrons. The minimum absolute atomic E-state index is 0.0801. The first kappa shape index (κ1) is 9.60. The fraction of sp³-hybridized carbons (Fsp3) is 0.0833. The second-order valence-electron chi connectivity index (χ2n) is 3.72.